The first-order valence-electron chi connectivity index (χ1n) is 5.70. The van der Waals surface area contributed by atoms with Gasteiger partial charge in [0.15, 0.2) is 0 Å². The first kappa shape index (κ1) is 10.7. The van der Waals surface area contributed by atoms with Gasteiger partial charge < -0.3 is 15.5 Å². The molecule has 4 nitrogen and oxygen atoms in total. The predicted octanol–water partition coefficient (Wildman–Crippen LogP) is 3.25. The summed E-state index contributed by atoms with van der Waals surface area (Å²) in [6, 6.07) is 9.42. The number of anilines is 1. The van der Waals surface area contributed by atoms with Crippen molar-refractivity contribution < 1.29 is 4.74 Å². The number of nitrogens with two attached hydrogens (primary N) is 1. The lowest BCUT2D eigenvalue weighted by Gasteiger charge is -2.10. The maximum absolute atomic E-state index is 5.92. The van der Waals surface area contributed by atoms with Crippen molar-refractivity contribution in [3.63, 3.8) is 0 Å². The fourth-order valence-electron chi connectivity index (χ4n) is 1.87. The molecule has 0 spiro atoms. The minimum atomic E-state index is 0.690. The summed E-state index contributed by atoms with van der Waals surface area (Å²) >= 11 is 0. The van der Waals surface area contributed by atoms with Gasteiger partial charge in [0.05, 0.1) is 5.39 Å². The highest BCUT2D eigenvalue weighted by molar-refractivity contribution is 5.82. The number of rotatable bonds is 2. The van der Waals surface area contributed by atoms with E-state index >= 15 is 0 Å². The van der Waals surface area contributed by atoms with Crippen molar-refractivity contribution in [2.45, 2.75) is 6.92 Å². The van der Waals surface area contributed by atoms with Crippen LogP contribution in [0.15, 0.2) is 42.7 Å². The van der Waals surface area contributed by atoms with E-state index in [1.807, 2.05) is 43.5 Å². The van der Waals surface area contributed by atoms with Crippen molar-refractivity contribution >= 4 is 16.7 Å². The number of fused-ring (bicyclic) bond motifs is 1. The van der Waals surface area contributed by atoms with E-state index in [1.54, 1.807) is 6.20 Å². The number of ether oxygens (including phenoxy) is 1. The fraction of sp³-hybridized carbons (Fsp3) is 0.0714. The second-order valence-electron chi connectivity index (χ2n) is 4.18. The minimum Gasteiger partial charge on any atom is -0.456 e. The molecule has 0 aliphatic carbocycles. The number of aromatic amines is 1. The van der Waals surface area contributed by atoms with Gasteiger partial charge in [-0.2, -0.15) is 0 Å². The molecule has 0 amide bonds. The molecule has 3 aromatic rings. The number of nitrogens with zero attached hydrogens (tertiary/aromatic N) is 1. The molecule has 0 saturated carbocycles. The zero-order valence-electron chi connectivity index (χ0n) is 9.97. The van der Waals surface area contributed by atoms with Gasteiger partial charge in [0, 0.05) is 24.1 Å². The number of nitrogens with one attached hydrogen (secondary N) is 1. The molecule has 2 heterocycles. The molecule has 3 N–H and O–H groups in total. The summed E-state index contributed by atoms with van der Waals surface area (Å²) in [5.74, 6) is 1.54. The third-order valence-electron chi connectivity index (χ3n) is 2.85. The molecule has 18 heavy (non-hydrogen) atoms. The largest absolute Gasteiger partial charge is 0.456 e. The van der Waals surface area contributed by atoms with E-state index in [2.05, 4.69) is 9.97 Å². The standard InChI is InChI=1S/C14H13N3O/c1-9-2-3-10(15)8-13(9)18-12-5-7-17-14-11(12)4-6-16-14/h2-8H,15H2,1H3,(H,16,17). The predicted molar refractivity (Wildman–Crippen MR) is 71.8 cm³/mol. The zero-order chi connectivity index (χ0) is 12.5. The normalized spacial score (nSPS) is 10.7. The van der Waals surface area contributed by atoms with Gasteiger partial charge in [-0.3, -0.25) is 0 Å². The van der Waals surface area contributed by atoms with Crippen LogP contribution in [0.25, 0.3) is 11.0 Å². The van der Waals surface area contributed by atoms with Crippen molar-refractivity contribution in [3.8, 4) is 11.5 Å². The zero-order valence-corrected chi connectivity index (χ0v) is 9.97. The molecule has 3 rings (SSSR count). The second kappa shape index (κ2) is 4.07. The van der Waals surface area contributed by atoms with Crippen LogP contribution in [0.1, 0.15) is 5.56 Å². The molecule has 0 radical (unpaired) electrons. The van der Waals surface area contributed by atoms with Crippen LogP contribution in [-0.4, -0.2) is 9.97 Å². The lowest BCUT2D eigenvalue weighted by molar-refractivity contribution is 0.484. The molecular weight excluding hydrogens is 226 g/mol. The van der Waals surface area contributed by atoms with E-state index in [4.69, 9.17) is 10.5 Å². The third-order valence-corrected chi connectivity index (χ3v) is 2.85. The Kier molecular flexibility index (Phi) is 2.41. The number of nitrogen functional groups attached to an aromatic ring is 1. The number of aromatic nitrogens is 2. The van der Waals surface area contributed by atoms with Gasteiger partial charge in [-0.1, -0.05) is 6.07 Å². The molecule has 0 aliphatic heterocycles. The average molecular weight is 239 g/mol. The molecule has 0 fully saturated rings. The fourth-order valence-corrected chi connectivity index (χ4v) is 1.87. The van der Waals surface area contributed by atoms with Gasteiger partial charge in [0.1, 0.15) is 17.1 Å². The molecule has 2 aromatic heterocycles. The van der Waals surface area contributed by atoms with Crippen molar-refractivity contribution in [1.82, 2.24) is 9.97 Å². The summed E-state index contributed by atoms with van der Waals surface area (Å²) in [7, 11) is 0. The summed E-state index contributed by atoms with van der Waals surface area (Å²) in [6.45, 7) is 1.99. The van der Waals surface area contributed by atoms with Crippen molar-refractivity contribution in [3.05, 3.63) is 48.3 Å². The summed E-state index contributed by atoms with van der Waals surface area (Å²) in [6.07, 6.45) is 3.56. The Bertz CT molecular complexity index is 703. The van der Waals surface area contributed by atoms with Crippen LogP contribution < -0.4 is 10.5 Å². The van der Waals surface area contributed by atoms with Crippen molar-refractivity contribution in [2.24, 2.45) is 0 Å². The highest BCUT2D eigenvalue weighted by atomic mass is 16.5. The number of hydrogen-bond acceptors (Lipinski definition) is 3. The van der Waals surface area contributed by atoms with Gasteiger partial charge in [-0.25, -0.2) is 4.98 Å². The summed E-state index contributed by atoms with van der Waals surface area (Å²) in [5.41, 5.74) is 8.33. The van der Waals surface area contributed by atoms with E-state index in [0.717, 1.165) is 28.1 Å². The first-order valence-corrected chi connectivity index (χ1v) is 5.70. The van der Waals surface area contributed by atoms with Crippen LogP contribution in [0.5, 0.6) is 11.5 Å². The number of pyridine rings is 1. The number of hydrogen-bond donors (Lipinski definition) is 2. The molecule has 0 aliphatic rings. The summed E-state index contributed by atoms with van der Waals surface area (Å²) < 4.78 is 5.92. The molecule has 0 saturated heterocycles. The first-order chi connectivity index (χ1) is 8.74. The quantitative estimate of drug-likeness (QED) is 0.675. The maximum Gasteiger partial charge on any atom is 0.140 e. The van der Waals surface area contributed by atoms with E-state index in [9.17, 15) is 0 Å². The molecular formula is C14H13N3O. The number of aryl methyl sites for hydroxylation is 1. The highest BCUT2D eigenvalue weighted by Gasteiger charge is 2.07. The Morgan fingerprint density at radius 2 is 2.06 bits per heavy atom. The smallest absolute Gasteiger partial charge is 0.140 e. The number of benzene rings is 1. The summed E-state index contributed by atoms with van der Waals surface area (Å²) in [5, 5.41) is 0.958. The lowest BCUT2D eigenvalue weighted by Crippen LogP contribution is -1.91. The Morgan fingerprint density at radius 1 is 1.17 bits per heavy atom. The van der Waals surface area contributed by atoms with Gasteiger partial charge >= 0.3 is 0 Å². The molecule has 0 bridgehead atoms. The van der Waals surface area contributed by atoms with Gasteiger partial charge in [-0.05, 0) is 30.7 Å². The van der Waals surface area contributed by atoms with Gasteiger partial charge in [0.25, 0.3) is 0 Å². The van der Waals surface area contributed by atoms with E-state index in [0.29, 0.717) is 5.69 Å². The van der Waals surface area contributed by atoms with Crippen LogP contribution in [0, 0.1) is 6.92 Å². The van der Waals surface area contributed by atoms with Gasteiger partial charge in [-0.15, -0.1) is 0 Å². The second-order valence-corrected chi connectivity index (χ2v) is 4.18. The SMILES string of the molecule is Cc1ccc(N)cc1Oc1ccnc2[nH]ccc12. The molecule has 4 heteroatoms. The lowest BCUT2D eigenvalue weighted by atomic mass is 10.2. The average Bonchev–Trinajstić information content (AvgIpc) is 2.83. The third kappa shape index (κ3) is 1.78. The molecule has 0 unspecified atom stereocenters. The van der Waals surface area contributed by atoms with E-state index in [-0.39, 0.29) is 0 Å². The van der Waals surface area contributed by atoms with Crippen LogP contribution in [0.2, 0.25) is 0 Å². The van der Waals surface area contributed by atoms with Crippen LogP contribution in [0.3, 0.4) is 0 Å². The van der Waals surface area contributed by atoms with E-state index in [1.165, 1.54) is 0 Å². The Labute approximate surface area is 104 Å². The molecule has 1 aromatic carbocycles. The maximum atomic E-state index is 5.92. The van der Waals surface area contributed by atoms with Crippen LogP contribution in [-0.2, 0) is 0 Å². The Hall–Kier alpha value is -2.49. The Morgan fingerprint density at radius 3 is 2.94 bits per heavy atom. The van der Waals surface area contributed by atoms with Crippen LogP contribution in [0.4, 0.5) is 5.69 Å². The van der Waals surface area contributed by atoms with E-state index < -0.39 is 0 Å². The van der Waals surface area contributed by atoms with Crippen molar-refractivity contribution in [2.75, 3.05) is 5.73 Å². The molecule has 0 atom stereocenters. The number of H-pyrrole nitrogens is 1. The van der Waals surface area contributed by atoms with Gasteiger partial charge in [0.2, 0.25) is 0 Å². The topological polar surface area (TPSA) is 63.9 Å². The minimum absolute atomic E-state index is 0.690. The monoisotopic (exact) mass is 239 g/mol. The Balaban J connectivity index is 2.06. The molecule has 90 valence electrons. The summed E-state index contributed by atoms with van der Waals surface area (Å²) in [4.78, 5) is 7.28. The van der Waals surface area contributed by atoms with Crippen LogP contribution >= 0.6 is 0 Å². The van der Waals surface area contributed by atoms with Crippen molar-refractivity contribution in [1.29, 1.82) is 0 Å². The highest BCUT2D eigenvalue weighted by Crippen LogP contribution is 2.31.